The number of amides is 3. The van der Waals surface area contributed by atoms with Crippen molar-refractivity contribution in [3.63, 3.8) is 0 Å². The zero-order valence-corrected chi connectivity index (χ0v) is 15.0. The fourth-order valence-corrected chi connectivity index (χ4v) is 3.97. The number of hydrogen-bond acceptors (Lipinski definition) is 3. The monoisotopic (exact) mass is 345 g/mol. The van der Waals surface area contributed by atoms with Crippen LogP contribution in [-0.4, -0.2) is 50.2 Å². The first kappa shape index (κ1) is 17.7. The van der Waals surface area contributed by atoms with E-state index in [1.807, 2.05) is 24.3 Å². The molecule has 1 spiro atoms. The Balaban J connectivity index is 1.71. The van der Waals surface area contributed by atoms with E-state index in [1.165, 1.54) is 5.56 Å². The predicted octanol–water partition coefficient (Wildman–Crippen LogP) is 2.26. The molecule has 3 rings (SSSR count). The Bertz CT molecular complexity index is 623. The summed E-state index contributed by atoms with van der Waals surface area (Å²) in [5.74, 6) is -0.154. The fourth-order valence-electron chi connectivity index (χ4n) is 3.97. The van der Waals surface area contributed by atoms with Gasteiger partial charge in [-0.25, -0.2) is 4.79 Å². The number of aryl methyl sites for hydroxylation is 1. The number of carbonyl (C=O) groups excluding carboxylic acids is 2. The van der Waals surface area contributed by atoms with Crippen LogP contribution in [-0.2, 0) is 16.0 Å². The highest BCUT2D eigenvalue weighted by Crippen LogP contribution is 2.44. The number of nitrogens with one attached hydrogen (secondary N) is 2. The van der Waals surface area contributed by atoms with Gasteiger partial charge < -0.3 is 20.3 Å². The number of carbonyl (C=O) groups is 2. The van der Waals surface area contributed by atoms with Crippen molar-refractivity contribution in [1.82, 2.24) is 10.2 Å². The second-order valence-corrected chi connectivity index (χ2v) is 7.00. The molecule has 25 heavy (non-hydrogen) atoms. The molecule has 2 aliphatic heterocycles. The van der Waals surface area contributed by atoms with Gasteiger partial charge >= 0.3 is 6.03 Å². The van der Waals surface area contributed by atoms with Crippen molar-refractivity contribution >= 4 is 17.6 Å². The van der Waals surface area contributed by atoms with Crippen molar-refractivity contribution in [2.45, 2.75) is 26.2 Å². The molecular weight excluding hydrogens is 318 g/mol. The van der Waals surface area contributed by atoms with Crippen molar-refractivity contribution in [2.24, 2.45) is 11.3 Å². The van der Waals surface area contributed by atoms with Crippen molar-refractivity contribution in [3.8, 4) is 0 Å². The zero-order chi connectivity index (χ0) is 17.9. The molecule has 0 radical (unpaired) electrons. The third kappa shape index (κ3) is 3.63. The van der Waals surface area contributed by atoms with Crippen LogP contribution in [0.5, 0.6) is 0 Å². The maximum Gasteiger partial charge on any atom is 0.321 e. The van der Waals surface area contributed by atoms with E-state index < -0.39 is 0 Å². The Morgan fingerprint density at radius 1 is 1.24 bits per heavy atom. The molecule has 6 heteroatoms. The van der Waals surface area contributed by atoms with Gasteiger partial charge in [0.2, 0.25) is 5.91 Å². The van der Waals surface area contributed by atoms with Gasteiger partial charge in [0, 0.05) is 44.5 Å². The third-order valence-electron chi connectivity index (χ3n) is 5.60. The topological polar surface area (TPSA) is 70.7 Å². The molecular formula is C19H27N3O3. The zero-order valence-electron chi connectivity index (χ0n) is 15.0. The molecule has 1 aromatic carbocycles. The molecule has 0 bridgehead atoms. The molecule has 2 aliphatic rings. The van der Waals surface area contributed by atoms with Crippen LogP contribution in [0.15, 0.2) is 24.3 Å². The van der Waals surface area contributed by atoms with Crippen LogP contribution < -0.4 is 10.6 Å². The lowest BCUT2D eigenvalue weighted by Crippen LogP contribution is -2.43. The van der Waals surface area contributed by atoms with E-state index in [1.54, 1.807) is 11.9 Å². The van der Waals surface area contributed by atoms with E-state index in [4.69, 9.17) is 4.74 Å². The van der Waals surface area contributed by atoms with Crippen LogP contribution in [0.2, 0.25) is 0 Å². The van der Waals surface area contributed by atoms with E-state index in [0.717, 1.165) is 24.9 Å². The Kier molecular flexibility index (Phi) is 5.27. The normalized spacial score (nSPS) is 22.0. The lowest BCUT2D eigenvalue weighted by atomic mass is 9.72. The summed E-state index contributed by atoms with van der Waals surface area (Å²) in [7, 11) is 1.66. The van der Waals surface area contributed by atoms with E-state index in [9.17, 15) is 9.59 Å². The molecule has 1 atom stereocenters. The van der Waals surface area contributed by atoms with Crippen LogP contribution >= 0.6 is 0 Å². The van der Waals surface area contributed by atoms with Crippen LogP contribution in [0, 0.1) is 11.3 Å². The van der Waals surface area contributed by atoms with Crippen LogP contribution in [0.1, 0.15) is 25.3 Å². The van der Waals surface area contributed by atoms with Gasteiger partial charge in [-0.3, -0.25) is 4.79 Å². The average molecular weight is 345 g/mol. The average Bonchev–Trinajstić information content (AvgIpc) is 3.01. The SMILES string of the molecule is CCc1ccc(NC(=O)N2CC(C(=O)NC)C3(CCOCC3)C2)cc1. The van der Waals surface area contributed by atoms with E-state index in [-0.39, 0.29) is 23.3 Å². The van der Waals surface area contributed by atoms with Gasteiger partial charge in [-0.1, -0.05) is 19.1 Å². The largest absolute Gasteiger partial charge is 0.381 e. The number of rotatable bonds is 3. The summed E-state index contributed by atoms with van der Waals surface area (Å²) in [6.07, 6.45) is 2.61. The third-order valence-corrected chi connectivity index (χ3v) is 5.60. The summed E-state index contributed by atoms with van der Waals surface area (Å²) in [4.78, 5) is 26.9. The van der Waals surface area contributed by atoms with Gasteiger partial charge in [-0.2, -0.15) is 0 Å². The molecule has 0 aliphatic carbocycles. The number of hydrogen-bond donors (Lipinski definition) is 2. The fraction of sp³-hybridized carbons (Fsp3) is 0.579. The summed E-state index contributed by atoms with van der Waals surface area (Å²) >= 11 is 0. The van der Waals surface area contributed by atoms with Gasteiger partial charge in [0.15, 0.2) is 0 Å². The minimum Gasteiger partial charge on any atom is -0.381 e. The van der Waals surface area contributed by atoms with Crippen molar-refractivity contribution in [1.29, 1.82) is 0 Å². The van der Waals surface area contributed by atoms with E-state index in [2.05, 4.69) is 17.6 Å². The Morgan fingerprint density at radius 3 is 2.52 bits per heavy atom. The first-order chi connectivity index (χ1) is 12.1. The van der Waals surface area contributed by atoms with Gasteiger partial charge in [-0.05, 0) is 37.0 Å². The highest BCUT2D eigenvalue weighted by molar-refractivity contribution is 5.90. The second kappa shape index (κ2) is 7.44. The number of benzene rings is 1. The summed E-state index contributed by atoms with van der Waals surface area (Å²) in [5, 5.41) is 5.72. The van der Waals surface area contributed by atoms with Crippen LogP contribution in [0.3, 0.4) is 0 Å². The molecule has 1 unspecified atom stereocenters. The minimum atomic E-state index is -0.172. The van der Waals surface area contributed by atoms with Gasteiger partial charge in [0.1, 0.15) is 0 Å². The molecule has 136 valence electrons. The molecule has 6 nitrogen and oxygen atoms in total. The number of ether oxygens (including phenoxy) is 1. The van der Waals surface area contributed by atoms with Crippen molar-refractivity contribution in [3.05, 3.63) is 29.8 Å². The Hall–Kier alpha value is -2.08. The summed E-state index contributed by atoms with van der Waals surface area (Å²) in [5.41, 5.74) is 1.86. The molecule has 2 N–H and O–H groups in total. The standard InChI is InChI=1S/C19H27N3O3/c1-3-14-4-6-15(7-5-14)21-18(24)22-12-16(17(23)20-2)19(13-22)8-10-25-11-9-19/h4-7,16H,3,8-13H2,1-2H3,(H,20,23)(H,21,24). The number of likely N-dealkylation sites (tertiary alicyclic amines) is 1. The maximum atomic E-state index is 12.7. The quantitative estimate of drug-likeness (QED) is 0.883. The lowest BCUT2D eigenvalue weighted by Gasteiger charge is -2.36. The second-order valence-electron chi connectivity index (χ2n) is 7.00. The molecule has 0 saturated carbocycles. The number of urea groups is 1. The number of anilines is 1. The van der Waals surface area contributed by atoms with E-state index >= 15 is 0 Å². The first-order valence-electron chi connectivity index (χ1n) is 9.02. The minimum absolute atomic E-state index is 0.0181. The predicted molar refractivity (Wildman–Crippen MR) is 96.5 cm³/mol. The molecule has 3 amide bonds. The first-order valence-corrected chi connectivity index (χ1v) is 9.02. The highest BCUT2D eigenvalue weighted by atomic mass is 16.5. The molecule has 2 fully saturated rings. The van der Waals surface area contributed by atoms with Crippen molar-refractivity contribution < 1.29 is 14.3 Å². The van der Waals surface area contributed by atoms with Gasteiger partial charge in [0.25, 0.3) is 0 Å². The summed E-state index contributed by atoms with van der Waals surface area (Å²) in [6, 6.07) is 7.75. The lowest BCUT2D eigenvalue weighted by molar-refractivity contribution is -0.129. The number of nitrogens with zero attached hydrogens (tertiary/aromatic N) is 1. The van der Waals surface area contributed by atoms with Gasteiger partial charge in [0.05, 0.1) is 5.92 Å². The summed E-state index contributed by atoms with van der Waals surface area (Å²) in [6.45, 7) is 4.47. The van der Waals surface area contributed by atoms with Crippen molar-refractivity contribution in [2.75, 3.05) is 38.7 Å². The molecule has 2 heterocycles. The highest BCUT2D eigenvalue weighted by Gasteiger charge is 2.51. The Morgan fingerprint density at radius 2 is 1.92 bits per heavy atom. The molecule has 2 saturated heterocycles. The smallest absolute Gasteiger partial charge is 0.321 e. The van der Waals surface area contributed by atoms with E-state index in [0.29, 0.717) is 26.3 Å². The molecule has 0 aromatic heterocycles. The van der Waals surface area contributed by atoms with Crippen LogP contribution in [0.25, 0.3) is 0 Å². The molecule has 1 aromatic rings. The van der Waals surface area contributed by atoms with Gasteiger partial charge in [-0.15, -0.1) is 0 Å². The summed E-state index contributed by atoms with van der Waals surface area (Å²) < 4.78 is 5.48. The Labute approximate surface area is 148 Å². The maximum absolute atomic E-state index is 12.7. The van der Waals surface area contributed by atoms with Crippen LogP contribution in [0.4, 0.5) is 10.5 Å².